The van der Waals surface area contributed by atoms with Crippen LogP contribution in [-0.2, 0) is 0 Å². The van der Waals surface area contributed by atoms with Crippen molar-refractivity contribution in [1.29, 1.82) is 0 Å². The van der Waals surface area contributed by atoms with Gasteiger partial charge in [-0.25, -0.2) is 0 Å². The van der Waals surface area contributed by atoms with E-state index in [1.54, 1.807) is 0 Å². The van der Waals surface area contributed by atoms with E-state index in [4.69, 9.17) is 17.0 Å². The second-order valence-electron chi connectivity index (χ2n) is 6.88. The second kappa shape index (κ2) is 8.44. The average Bonchev–Trinajstić information content (AvgIpc) is 2.95. The zero-order valence-electron chi connectivity index (χ0n) is 15.4. The molecule has 0 radical (unpaired) electrons. The molecular formula is C22H25N3OS. The van der Waals surface area contributed by atoms with Crippen LogP contribution in [0.3, 0.4) is 0 Å². The predicted octanol–water partition coefficient (Wildman–Crippen LogP) is 3.90. The molecule has 0 atom stereocenters. The van der Waals surface area contributed by atoms with Gasteiger partial charge in [-0.1, -0.05) is 36.4 Å². The highest BCUT2D eigenvalue weighted by Crippen LogP contribution is 2.31. The van der Waals surface area contributed by atoms with Crippen LogP contribution >= 0.6 is 12.2 Å². The maximum Gasteiger partial charge on any atom is 0.173 e. The molecule has 27 heavy (non-hydrogen) atoms. The van der Waals surface area contributed by atoms with Crippen LogP contribution in [-0.4, -0.2) is 42.8 Å². The van der Waals surface area contributed by atoms with E-state index < -0.39 is 0 Å². The molecule has 2 aromatic rings. The number of ether oxygens (including phenoxy) is 1. The third-order valence-corrected chi connectivity index (χ3v) is 5.52. The average molecular weight is 380 g/mol. The summed E-state index contributed by atoms with van der Waals surface area (Å²) in [4.78, 5) is 4.67. The molecule has 0 aromatic heterocycles. The third kappa shape index (κ3) is 4.25. The van der Waals surface area contributed by atoms with Crippen LogP contribution in [0, 0.1) is 0 Å². The van der Waals surface area contributed by atoms with Gasteiger partial charge in [-0.05, 0) is 48.8 Å². The molecule has 0 saturated carbocycles. The maximum atomic E-state index is 5.84. The van der Waals surface area contributed by atoms with Crippen LogP contribution in [0.4, 0.5) is 5.69 Å². The van der Waals surface area contributed by atoms with Gasteiger partial charge >= 0.3 is 0 Å². The highest BCUT2D eigenvalue weighted by molar-refractivity contribution is 7.80. The number of nitrogens with zero attached hydrogens (tertiary/aromatic N) is 2. The fourth-order valence-corrected chi connectivity index (χ4v) is 3.88. The van der Waals surface area contributed by atoms with E-state index in [0.717, 1.165) is 56.5 Å². The standard InChI is InChI=1S/C22H25N3OS/c27-22(25-14-12-24(13-15-25)19-8-2-1-3-9-19)23-17-18-7-6-16-26-21-11-5-4-10-20(18)21/h1-5,8-11,17H,6-7,12-16H2,(H,23,27)/b18-17-. The van der Waals surface area contributed by atoms with Crippen molar-refractivity contribution in [3.63, 3.8) is 0 Å². The van der Waals surface area contributed by atoms with E-state index in [2.05, 4.69) is 63.8 Å². The lowest BCUT2D eigenvalue weighted by Crippen LogP contribution is -2.51. The van der Waals surface area contributed by atoms with Crippen LogP contribution in [0.1, 0.15) is 18.4 Å². The van der Waals surface area contributed by atoms with Gasteiger partial charge in [-0.2, -0.15) is 0 Å². The van der Waals surface area contributed by atoms with Crippen LogP contribution in [0.15, 0.2) is 60.8 Å². The zero-order chi connectivity index (χ0) is 18.5. The summed E-state index contributed by atoms with van der Waals surface area (Å²) < 4.78 is 5.84. The van der Waals surface area contributed by atoms with E-state index in [9.17, 15) is 0 Å². The van der Waals surface area contributed by atoms with Crippen LogP contribution < -0.4 is 15.0 Å². The lowest BCUT2D eigenvalue weighted by Gasteiger charge is -2.37. The molecule has 2 aromatic carbocycles. The van der Waals surface area contributed by atoms with Gasteiger partial charge in [0.1, 0.15) is 5.75 Å². The second-order valence-corrected chi connectivity index (χ2v) is 7.26. The monoisotopic (exact) mass is 379 g/mol. The fraction of sp³-hybridized carbons (Fsp3) is 0.318. The molecule has 1 saturated heterocycles. The van der Waals surface area contributed by atoms with Gasteiger partial charge in [0, 0.05) is 43.6 Å². The van der Waals surface area contributed by atoms with Gasteiger partial charge in [-0.3, -0.25) is 0 Å². The molecule has 0 amide bonds. The van der Waals surface area contributed by atoms with Gasteiger partial charge in [0.2, 0.25) is 0 Å². The van der Waals surface area contributed by atoms with E-state index >= 15 is 0 Å². The van der Waals surface area contributed by atoms with Crippen molar-refractivity contribution in [3.8, 4) is 5.75 Å². The number of nitrogens with one attached hydrogen (secondary N) is 1. The summed E-state index contributed by atoms with van der Waals surface area (Å²) in [7, 11) is 0. The number of hydrogen-bond acceptors (Lipinski definition) is 3. The Balaban J connectivity index is 1.37. The number of anilines is 1. The largest absolute Gasteiger partial charge is 0.493 e. The molecule has 2 aliphatic rings. The van der Waals surface area contributed by atoms with Crippen LogP contribution in [0.25, 0.3) is 5.57 Å². The van der Waals surface area contributed by atoms with Crippen molar-refractivity contribution in [2.45, 2.75) is 12.8 Å². The number of piperazine rings is 1. The minimum atomic E-state index is 0.764. The first-order valence-electron chi connectivity index (χ1n) is 9.58. The Labute approximate surface area is 166 Å². The van der Waals surface area contributed by atoms with E-state index in [1.165, 1.54) is 16.8 Å². The van der Waals surface area contributed by atoms with Gasteiger partial charge in [0.15, 0.2) is 5.11 Å². The highest BCUT2D eigenvalue weighted by Gasteiger charge is 2.19. The zero-order valence-corrected chi connectivity index (χ0v) is 16.3. The summed E-state index contributed by atoms with van der Waals surface area (Å²) in [6.07, 6.45) is 4.08. The quantitative estimate of drug-likeness (QED) is 0.799. The molecule has 0 bridgehead atoms. The highest BCUT2D eigenvalue weighted by atomic mass is 32.1. The van der Waals surface area contributed by atoms with Gasteiger partial charge < -0.3 is 19.9 Å². The molecular weight excluding hydrogens is 354 g/mol. The number of thiocarbonyl (C=S) groups is 1. The number of allylic oxidation sites excluding steroid dienone is 1. The van der Waals surface area contributed by atoms with Crippen molar-refractivity contribution in [2.75, 3.05) is 37.7 Å². The lowest BCUT2D eigenvalue weighted by atomic mass is 10.0. The summed E-state index contributed by atoms with van der Waals surface area (Å²) in [5.74, 6) is 0.963. The summed E-state index contributed by atoms with van der Waals surface area (Å²) >= 11 is 5.65. The molecule has 140 valence electrons. The molecule has 2 heterocycles. The SMILES string of the molecule is S=C(N/C=C1/CCCOc2ccccc21)N1CCN(c2ccccc2)CC1. The third-order valence-electron chi connectivity index (χ3n) is 5.14. The molecule has 2 aliphatic heterocycles. The molecule has 4 rings (SSSR count). The van der Waals surface area contributed by atoms with Crippen LogP contribution in [0.2, 0.25) is 0 Å². The minimum Gasteiger partial charge on any atom is -0.493 e. The van der Waals surface area contributed by atoms with E-state index in [1.807, 2.05) is 12.1 Å². The maximum absolute atomic E-state index is 5.84. The number of rotatable bonds is 2. The first-order chi connectivity index (χ1) is 13.3. The normalized spacial score (nSPS) is 18.4. The number of benzene rings is 2. The minimum absolute atomic E-state index is 0.764. The molecule has 0 spiro atoms. The summed E-state index contributed by atoms with van der Waals surface area (Å²) in [5, 5.41) is 4.17. The Hall–Kier alpha value is -2.53. The smallest absolute Gasteiger partial charge is 0.173 e. The first-order valence-corrected chi connectivity index (χ1v) is 9.99. The summed E-state index contributed by atoms with van der Waals surface area (Å²) in [6, 6.07) is 18.8. The Kier molecular flexibility index (Phi) is 5.58. The van der Waals surface area contributed by atoms with Gasteiger partial charge in [0.05, 0.1) is 6.61 Å². The molecule has 4 nitrogen and oxygen atoms in total. The van der Waals surface area contributed by atoms with Crippen molar-refractivity contribution in [2.24, 2.45) is 0 Å². The molecule has 1 fully saturated rings. The van der Waals surface area contributed by atoms with Gasteiger partial charge in [-0.15, -0.1) is 0 Å². The number of para-hydroxylation sites is 2. The molecule has 1 N–H and O–H groups in total. The van der Waals surface area contributed by atoms with Crippen molar-refractivity contribution in [3.05, 3.63) is 66.4 Å². The Morgan fingerprint density at radius 2 is 1.70 bits per heavy atom. The Morgan fingerprint density at radius 1 is 0.963 bits per heavy atom. The van der Waals surface area contributed by atoms with Crippen molar-refractivity contribution in [1.82, 2.24) is 10.2 Å². The lowest BCUT2D eigenvalue weighted by molar-refractivity contribution is 0.318. The topological polar surface area (TPSA) is 27.7 Å². The number of fused-ring (bicyclic) bond motifs is 1. The number of hydrogen-bond donors (Lipinski definition) is 1. The van der Waals surface area contributed by atoms with Crippen molar-refractivity contribution < 1.29 is 4.74 Å². The van der Waals surface area contributed by atoms with E-state index in [-0.39, 0.29) is 0 Å². The van der Waals surface area contributed by atoms with Crippen LogP contribution in [0.5, 0.6) is 5.75 Å². The van der Waals surface area contributed by atoms with E-state index in [0.29, 0.717) is 0 Å². The molecule has 0 unspecified atom stereocenters. The predicted molar refractivity (Wildman–Crippen MR) is 115 cm³/mol. The summed E-state index contributed by atoms with van der Waals surface area (Å²) in [6.45, 7) is 4.60. The summed E-state index contributed by atoms with van der Waals surface area (Å²) in [5.41, 5.74) is 3.71. The molecule has 5 heteroatoms. The Morgan fingerprint density at radius 3 is 2.52 bits per heavy atom. The van der Waals surface area contributed by atoms with Gasteiger partial charge in [0.25, 0.3) is 0 Å². The Bertz CT molecular complexity index is 813. The fourth-order valence-electron chi connectivity index (χ4n) is 3.63. The first kappa shape index (κ1) is 17.9. The molecule has 0 aliphatic carbocycles. The van der Waals surface area contributed by atoms with Crippen molar-refractivity contribution >= 4 is 28.6 Å².